The number of carbonyl (C=O) groups is 2. The van der Waals surface area contributed by atoms with Crippen molar-refractivity contribution in [2.75, 3.05) is 5.32 Å². The molecular weight excluding hydrogens is 440 g/mol. The van der Waals surface area contributed by atoms with E-state index >= 15 is 0 Å². The molecule has 3 aromatic rings. The molecule has 1 aliphatic heterocycles. The zero-order chi connectivity index (χ0) is 22.2. The molecule has 160 valence electrons. The first-order valence-corrected chi connectivity index (χ1v) is 11.7. The Labute approximate surface area is 184 Å². The highest BCUT2D eigenvalue weighted by atomic mass is 35.5. The first-order valence-electron chi connectivity index (χ1n) is 9.47. The van der Waals surface area contributed by atoms with Crippen molar-refractivity contribution in [3.05, 3.63) is 76.4 Å². The summed E-state index contributed by atoms with van der Waals surface area (Å²) in [4.78, 5) is 25.1. The van der Waals surface area contributed by atoms with Crippen LogP contribution in [-0.4, -0.2) is 30.0 Å². The predicted octanol–water partition coefficient (Wildman–Crippen LogP) is 2.77. The lowest BCUT2D eigenvalue weighted by Crippen LogP contribution is -2.37. The van der Waals surface area contributed by atoms with Gasteiger partial charge in [-0.25, -0.2) is 13.1 Å². The highest BCUT2D eigenvalue weighted by Gasteiger charge is 2.34. The zero-order valence-electron chi connectivity index (χ0n) is 16.5. The molecule has 10 heteroatoms. The Morgan fingerprint density at radius 1 is 1.06 bits per heavy atom. The maximum atomic E-state index is 12.6. The molecule has 1 unspecified atom stereocenters. The molecule has 0 spiro atoms. The van der Waals surface area contributed by atoms with Gasteiger partial charge in [0.1, 0.15) is 5.82 Å². The normalized spacial score (nSPS) is 15.2. The van der Waals surface area contributed by atoms with E-state index in [0.29, 0.717) is 22.0 Å². The van der Waals surface area contributed by atoms with E-state index in [1.54, 1.807) is 31.2 Å². The lowest BCUT2D eigenvalue weighted by molar-refractivity contribution is -0.136. The Morgan fingerprint density at radius 2 is 1.81 bits per heavy atom. The number of nitrogens with zero attached hydrogens (tertiary/aromatic N) is 2. The number of amides is 2. The van der Waals surface area contributed by atoms with Gasteiger partial charge in [0.15, 0.2) is 9.84 Å². The number of fused-ring (bicyclic) bond motifs is 1. The first-order chi connectivity index (χ1) is 14.7. The van der Waals surface area contributed by atoms with Gasteiger partial charge in [0.25, 0.3) is 0 Å². The van der Waals surface area contributed by atoms with Crippen LogP contribution in [0.1, 0.15) is 29.8 Å². The molecule has 4 rings (SSSR count). The second-order valence-corrected chi connectivity index (χ2v) is 9.76. The lowest BCUT2D eigenvalue weighted by atomic mass is 10.1. The topological polar surface area (TPSA) is 110 Å². The summed E-state index contributed by atoms with van der Waals surface area (Å²) in [7, 11) is -3.36. The van der Waals surface area contributed by atoms with Crippen LogP contribution in [0.15, 0.2) is 54.6 Å². The minimum absolute atomic E-state index is 0.144. The van der Waals surface area contributed by atoms with Crippen molar-refractivity contribution in [2.24, 2.45) is 0 Å². The number of carbonyl (C=O) groups excluding carboxylic acids is 2. The molecule has 0 bridgehead atoms. The van der Waals surface area contributed by atoms with Crippen molar-refractivity contribution < 1.29 is 18.0 Å². The molecule has 1 aliphatic rings. The maximum Gasteiger partial charge on any atom is 0.314 e. The van der Waals surface area contributed by atoms with Crippen LogP contribution in [0.25, 0.3) is 5.69 Å². The Bertz CT molecular complexity index is 1270. The van der Waals surface area contributed by atoms with E-state index < -0.39 is 21.7 Å². The van der Waals surface area contributed by atoms with E-state index in [0.717, 1.165) is 5.56 Å². The Morgan fingerprint density at radius 3 is 2.52 bits per heavy atom. The van der Waals surface area contributed by atoms with Gasteiger partial charge < -0.3 is 10.6 Å². The van der Waals surface area contributed by atoms with Gasteiger partial charge in [0.2, 0.25) is 0 Å². The van der Waals surface area contributed by atoms with E-state index in [4.69, 9.17) is 11.6 Å². The molecule has 31 heavy (non-hydrogen) atoms. The summed E-state index contributed by atoms with van der Waals surface area (Å²) < 4.78 is 25.5. The minimum atomic E-state index is -3.36. The van der Waals surface area contributed by atoms with Crippen LogP contribution < -0.4 is 10.6 Å². The Balaban J connectivity index is 1.61. The van der Waals surface area contributed by atoms with Crippen LogP contribution in [0.4, 0.5) is 5.82 Å². The van der Waals surface area contributed by atoms with Crippen molar-refractivity contribution in [1.82, 2.24) is 15.1 Å². The summed E-state index contributed by atoms with van der Waals surface area (Å²) in [6.07, 6.45) is 0. The summed E-state index contributed by atoms with van der Waals surface area (Å²) in [6.45, 7) is 1.76. The molecular formula is C21H19ClN4O4S. The van der Waals surface area contributed by atoms with Gasteiger partial charge in [-0.3, -0.25) is 9.59 Å². The van der Waals surface area contributed by atoms with Crippen LogP contribution in [0.5, 0.6) is 0 Å². The van der Waals surface area contributed by atoms with Gasteiger partial charge in [0, 0.05) is 10.6 Å². The van der Waals surface area contributed by atoms with Gasteiger partial charge in [-0.15, -0.1) is 0 Å². The SMILES string of the molecule is CC(NC(=O)C(=O)Nc1c2c(nn1-c1cccc(Cl)c1)CS(=O)(=O)C2)c1ccccc1. The number of hydrogen-bond acceptors (Lipinski definition) is 5. The van der Waals surface area contributed by atoms with Crippen molar-refractivity contribution in [1.29, 1.82) is 0 Å². The zero-order valence-corrected chi connectivity index (χ0v) is 18.1. The minimum Gasteiger partial charge on any atom is -0.341 e. The predicted molar refractivity (Wildman–Crippen MR) is 117 cm³/mol. The monoisotopic (exact) mass is 458 g/mol. The largest absolute Gasteiger partial charge is 0.341 e. The van der Waals surface area contributed by atoms with E-state index in [-0.39, 0.29) is 23.4 Å². The van der Waals surface area contributed by atoms with Gasteiger partial charge in [-0.1, -0.05) is 48.0 Å². The third kappa shape index (κ3) is 4.47. The van der Waals surface area contributed by atoms with Gasteiger partial charge in [0.05, 0.1) is 28.9 Å². The molecule has 2 heterocycles. The molecule has 2 amide bonds. The number of halogens is 1. The van der Waals surface area contributed by atoms with Crippen molar-refractivity contribution in [3.63, 3.8) is 0 Å². The van der Waals surface area contributed by atoms with Crippen molar-refractivity contribution >= 4 is 39.1 Å². The fourth-order valence-corrected chi connectivity index (χ4v) is 5.10. The second kappa shape index (κ2) is 8.16. The van der Waals surface area contributed by atoms with Crippen molar-refractivity contribution in [3.8, 4) is 5.69 Å². The highest BCUT2D eigenvalue weighted by molar-refractivity contribution is 7.90. The summed E-state index contributed by atoms with van der Waals surface area (Å²) in [6, 6.07) is 15.6. The molecule has 0 saturated heterocycles. The van der Waals surface area contributed by atoms with Crippen LogP contribution in [0.2, 0.25) is 5.02 Å². The standard InChI is InChI=1S/C21H19ClN4O4S/c1-13(14-6-3-2-4-7-14)23-20(27)21(28)24-19-17-11-31(29,30)12-18(17)25-26(19)16-9-5-8-15(22)10-16/h2-10,13H,11-12H2,1H3,(H,23,27)(H,24,28). The number of benzene rings is 2. The quantitative estimate of drug-likeness (QED) is 0.584. The Kier molecular flexibility index (Phi) is 5.55. The average Bonchev–Trinajstić information content (AvgIpc) is 3.21. The molecule has 8 nitrogen and oxygen atoms in total. The van der Waals surface area contributed by atoms with Gasteiger partial charge in [-0.05, 0) is 30.7 Å². The number of anilines is 1. The van der Waals surface area contributed by atoms with Crippen LogP contribution >= 0.6 is 11.6 Å². The van der Waals surface area contributed by atoms with E-state index in [9.17, 15) is 18.0 Å². The number of rotatable bonds is 4. The van der Waals surface area contributed by atoms with Crippen LogP contribution in [0.3, 0.4) is 0 Å². The van der Waals surface area contributed by atoms with Gasteiger partial charge >= 0.3 is 11.8 Å². The van der Waals surface area contributed by atoms with E-state index in [2.05, 4.69) is 15.7 Å². The summed E-state index contributed by atoms with van der Waals surface area (Å²) in [5.74, 6) is -2.11. The summed E-state index contributed by atoms with van der Waals surface area (Å²) in [5, 5.41) is 9.99. The van der Waals surface area contributed by atoms with E-state index in [1.807, 2.05) is 30.3 Å². The molecule has 1 aromatic heterocycles. The third-order valence-electron chi connectivity index (χ3n) is 4.93. The molecule has 2 aromatic carbocycles. The molecule has 0 fully saturated rings. The molecule has 2 N–H and O–H groups in total. The lowest BCUT2D eigenvalue weighted by Gasteiger charge is -2.15. The Hall–Kier alpha value is -3.17. The summed E-state index contributed by atoms with van der Waals surface area (Å²) >= 11 is 6.07. The van der Waals surface area contributed by atoms with Gasteiger partial charge in [-0.2, -0.15) is 5.10 Å². The van der Waals surface area contributed by atoms with Crippen LogP contribution in [-0.2, 0) is 30.9 Å². The summed E-state index contributed by atoms with van der Waals surface area (Å²) in [5.41, 5.74) is 2.10. The number of aromatic nitrogens is 2. The fourth-order valence-electron chi connectivity index (χ4n) is 3.42. The average molecular weight is 459 g/mol. The van der Waals surface area contributed by atoms with E-state index in [1.165, 1.54) is 4.68 Å². The first kappa shape index (κ1) is 21.1. The molecule has 0 saturated carbocycles. The molecule has 1 atom stereocenters. The number of sulfone groups is 1. The fraction of sp³-hybridized carbons (Fsp3) is 0.190. The number of hydrogen-bond donors (Lipinski definition) is 2. The second-order valence-electron chi connectivity index (χ2n) is 7.26. The van der Waals surface area contributed by atoms with Crippen LogP contribution in [0, 0.1) is 0 Å². The molecule has 0 radical (unpaired) electrons. The number of nitrogens with one attached hydrogen (secondary N) is 2. The third-order valence-corrected chi connectivity index (χ3v) is 6.60. The highest BCUT2D eigenvalue weighted by Crippen LogP contribution is 2.33. The smallest absolute Gasteiger partial charge is 0.314 e. The molecule has 0 aliphatic carbocycles. The maximum absolute atomic E-state index is 12.6. The van der Waals surface area contributed by atoms with Crippen molar-refractivity contribution in [2.45, 2.75) is 24.5 Å².